The Labute approximate surface area is 78.6 Å². The first-order chi connectivity index (χ1) is 5.57. The monoisotopic (exact) mass is 180 g/mol. The Hall–Kier alpha value is -0.300. The first-order valence-corrected chi connectivity index (χ1v) is 5.54. The van der Waals surface area contributed by atoms with E-state index in [1.165, 1.54) is 17.7 Å². The van der Waals surface area contributed by atoms with E-state index < -0.39 is 0 Å². The van der Waals surface area contributed by atoms with Crippen LogP contribution < -0.4 is 0 Å². The van der Waals surface area contributed by atoms with Gasteiger partial charge in [-0.3, -0.25) is 0 Å². The van der Waals surface area contributed by atoms with Gasteiger partial charge in [0.2, 0.25) is 0 Å². The van der Waals surface area contributed by atoms with Gasteiger partial charge in [0, 0.05) is 4.88 Å². The van der Waals surface area contributed by atoms with Crippen LogP contribution >= 0.6 is 11.3 Å². The van der Waals surface area contributed by atoms with Crippen LogP contribution in [0.2, 0.25) is 0 Å². The zero-order valence-electron chi connectivity index (χ0n) is 8.05. The van der Waals surface area contributed by atoms with Gasteiger partial charge in [0.15, 0.2) is 0 Å². The number of hydrogen-bond donors (Lipinski definition) is 0. The topological polar surface area (TPSA) is 0 Å². The fraction of sp³-hybridized carbons (Fsp3) is 0.636. The minimum atomic E-state index is 0.345. The van der Waals surface area contributed by atoms with Crippen LogP contribution in [0.25, 0.3) is 0 Å². The Morgan fingerprint density at radius 1 is 1.33 bits per heavy atom. The zero-order chi connectivity index (χ0) is 8.77. The molecular weight excluding hydrogens is 164 g/mol. The van der Waals surface area contributed by atoms with E-state index in [-0.39, 0.29) is 0 Å². The second-order valence-electron chi connectivity index (χ2n) is 4.77. The summed E-state index contributed by atoms with van der Waals surface area (Å²) in [6.07, 6.45) is 2.83. The quantitative estimate of drug-likeness (QED) is 0.614. The molecule has 0 amide bonds. The molecule has 1 heterocycles. The molecule has 0 radical (unpaired) electrons. The molecule has 0 unspecified atom stereocenters. The molecule has 0 aromatic carbocycles. The van der Waals surface area contributed by atoms with E-state index in [0.717, 1.165) is 5.92 Å². The maximum atomic E-state index is 2.41. The van der Waals surface area contributed by atoms with Crippen LogP contribution in [0.1, 0.15) is 50.0 Å². The molecule has 12 heavy (non-hydrogen) atoms. The lowest BCUT2D eigenvalue weighted by atomic mass is 9.94. The molecule has 1 aromatic rings. The van der Waals surface area contributed by atoms with Crippen molar-refractivity contribution in [1.82, 2.24) is 0 Å². The lowest BCUT2D eigenvalue weighted by molar-refractivity contribution is 0.603. The third-order valence-corrected chi connectivity index (χ3v) is 3.78. The minimum absolute atomic E-state index is 0.345. The molecule has 0 saturated heterocycles. The van der Waals surface area contributed by atoms with Crippen LogP contribution in [-0.2, 0) is 5.41 Å². The van der Waals surface area contributed by atoms with Gasteiger partial charge in [-0.25, -0.2) is 0 Å². The molecule has 1 saturated carbocycles. The van der Waals surface area contributed by atoms with Crippen LogP contribution in [0.5, 0.6) is 0 Å². The van der Waals surface area contributed by atoms with Gasteiger partial charge in [-0.2, -0.15) is 0 Å². The minimum Gasteiger partial charge on any atom is -0.148 e. The number of thiophene rings is 1. The van der Waals surface area contributed by atoms with Crippen molar-refractivity contribution >= 4 is 11.3 Å². The summed E-state index contributed by atoms with van der Waals surface area (Å²) in [6.45, 7) is 6.86. The highest BCUT2D eigenvalue weighted by Gasteiger charge is 2.26. The molecule has 0 atom stereocenters. The van der Waals surface area contributed by atoms with E-state index in [1.807, 2.05) is 11.3 Å². The van der Waals surface area contributed by atoms with Gasteiger partial charge in [0.1, 0.15) is 0 Å². The van der Waals surface area contributed by atoms with Gasteiger partial charge in [0.05, 0.1) is 0 Å². The molecule has 1 aliphatic rings. The lowest BCUT2D eigenvalue weighted by Crippen LogP contribution is -2.07. The molecule has 0 N–H and O–H groups in total. The average Bonchev–Trinajstić information content (AvgIpc) is 2.66. The van der Waals surface area contributed by atoms with Crippen molar-refractivity contribution in [3.63, 3.8) is 0 Å². The third-order valence-electron chi connectivity index (χ3n) is 2.41. The predicted octanol–water partition coefficient (Wildman–Crippen LogP) is 3.92. The van der Waals surface area contributed by atoms with Gasteiger partial charge in [-0.15, -0.1) is 11.3 Å². The number of hydrogen-bond acceptors (Lipinski definition) is 1. The van der Waals surface area contributed by atoms with Gasteiger partial charge >= 0.3 is 0 Å². The molecule has 1 aliphatic carbocycles. The molecule has 1 aromatic heterocycles. The summed E-state index contributed by atoms with van der Waals surface area (Å²) in [6, 6.07) is 2.41. The Morgan fingerprint density at radius 3 is 2.42 bits per heavy atom. The maximum Gasteiger partial charge on any atom is 0.0102 e. The smallest absolute Gasteiger partial charge is 0.0102 e. The van der Waals surface area contributed by atoms with Crippen molar-refractivity contribution in [3.05, 3.63) is 21.9 Å². The Morgan fingerprint density at radius 2 is 2.00 bits per heavy atom. The van der Waals surface area contributed by atoms with E-state index in [0.29, 0.717) is 5.41 Å². The normalized spacial score (nSPS) is 18.2. The van der Waals surface area contributed by atoms with E-state index in [1.54, 1.807) is 5.56 Å². The van der Waals surface area contributed by atoms with Crippen molar-refractivity contribution in [2.24, 2.45) is 0 Å². The van der Waals surface area contributed by atoms with Crippen molar-refractivity contribution in [1.29, 1.82) is 0 Å². The highest BCUT2D eigenvalue weighted by molar-refractivity contribution is 7.10. The van der Waals surface area contributed by atoms with E-state index in [4.69, 9.17) is 0 Å². The number of rotatable bonds is 1. The van der Waals surface area contributed by atoms with Crippen LogP contribution in [0.3, 0.4) is 0 Å². The molecule has 0 aliphatic heterocycles. The summed E-state index contributed by atoms with van der Waals surface area (Å²) in [4.78, 5) is 1.53. The summed E-state index contributed by atoms with van der Waals surface area (Å²) in [5.41, 5.74) is 1.93. The molecule has 0 bridgehead atoms. The van der Waals surface area contributed by atoms with Crippen molar-refractivity contribution in [2.45, 2.75) is 44.9 Å². The molecule has 2 rings (SSSR count). The van der Waals surface area contributed by atoms with E-state index in [2.05, 4.69) is 32.2 Å². The van der Waals surface area contributed by atoms with Gasteiger partial charge in [0.25, 0.3) is 0 Å². The van der Waals surface area contributed by atoms with Crippen molar-refractivity contribution in [3.8, 4) is 0 Å². The summed E-state index contributed by atoms with van der Waals surface area (Å²) in [7, 11) is 0. The Kier molecular flexibility index (Phi) is 1.80. The highest BCUT2D eigenvalue weighted by atomic mass is 32.1. The summed E-state index contributed by atoms with van der Waals surface area (Å²) < 4.78 is 0. The molecule has 1 fully saturated rings. The Balaban J connectivity index is 2.23. The first kappa shape index (κ1) is 8.31. The predicted molar refractivity (Wildman–Crippen MR) is 55.0 cm³/mol. The summed E-state index contributed by atoms with van der Waals surface area (Å²) >= 11 is 1.92. The lowest BCUT2D eigenvalue weighted by Gasteiger charge is -2.15. The highest BCUT2D eigenvalue weighted by Crippen LogP contribution is 2.43. The molecule has 66 valence electrons. The van der Waals surface area contributed by atoms with E-state index in [9.17, 15) is 0 Å². The van der Waals surface area contributed by atoms with Crippen LogP contribution in [0.4, 0.5) is 0 Å². The molecule has 0 nitrogen and oxygen atoms in total. The van der Waals surface area contributed by atoms with Gasteiger partial charge in [-0.1, -0.05) is 20.8 Å². The summed E-state index contributed by atoms with van der Waals surface area (Å²) in [5, 5.41) is 2.35. The van der Waals surface area contributed by atoms with Crippen molar-refractivity contribution in [2.75, 3.05) is 0 Å². The largest absolute Gasteiger partial charge is 0.148 e. The SMILES string of the molecule is CC(C)(C)c1cc(C2CC2)cs1. The third kappa shape index (κ3) is 1.56. The zero-order valence-corrected chi connectivity index (χ0v) is 8.87. The van der Waals surface area contributed by atoms with E-state index >= 15 is 0 Å². The van der Waals surface area contributed by atoms with Crippen LogP contribution in [-0.4, -0.2) is 0 Å². The van der Waals surface area contributed by atoms with Gasteiger partial charge < -0.3 is 0 Å². The molecule has 0 spiro atoms. The summed E-state index contributed by atoms with van der Waals surface area (Å²) in [5.74, 6) is 0.914. The standard InChI is InChI=1S/C11H16S/c1-11(2,3)10-6-9(7-12-10)8-4-5-8/h6-8H,4-5H2,1-3H3. The van der Waals surface area contributed by atoms with Crippen molar-refractivity contribution < 1.29 is 0 Å². The average molecular weight is 180 g/mol. The first-order valence-electron chi connectivity index (χ1n) is 4.66. The second-order valence-corrected chi connectivity index (χ2v) is 5.68. The molecule has 1 heteroatoms. The fourth-order valence-corrected chi connectivity index (χ4v) is 2.46. The second kappa shape index (κ2) is 2.59. The van der Waals surface area contributed by atoms with Crippen LogP contribution in [0, 0.1) is 0 Å². The van der Waals surface area contributed by atoms with Crippen LogP contribution in [0.15, 0.2) is 11.4 Å². The Bertz CT molecular complexity index is 273. The van der Waals surface area contributed by atoms with Gasteiger partial charge in [-0.05, 0) is 41.2 Å². The molecular formula is C11H16S. The maximum absolute atomic E-state index is 2.41. The fourth-order valence-electron chi connectivity index (χ4n) is 1.37.